The third-order valence-corrected chi connectivity index (χ3v) is 8.58. The molecule has 4 aliphatic rings. The third kappa shape index (κ3) is 2.94. The second-order valence-electron chi connectivity index (χ2n) is 9.90. The molecule has 2 saturated carbocycles. The Morgan fingerprint density at radius 2 is 2.03 bits per heavy atom. The van der Waals surface area contributed by atoms with Crippen LogP contribution in [0, 0.1) is 22.7 Å². The first kappa shape index (κ1) is 22.0. The highest BCUT2D eigenvalue weighted by Gasteiger charge is 2.70. The van der Waals surface area contributed by atoms with Crippen molar-refractivity contribution >= 4 is 17.6 Å². The number of fused-ring (bicyclic) bond motifs is 5. The van der Waals surface area contributed by atoms with Gasteiger partial charge in [0.15, 0.2) is 5.67 Å². The maximum absolute atomic E-state index is 16.9. The molecule has 0 spiro atoms. The summed E-state index contributed by atoms with van der Waals surface area (Å²) in [6.45, 7) is 3.57. The van der Waals surface area contributed by atoms with Crippen molar-refractivity contribution in [2.75, 3.05) is 0 Å². The lowest BCUT2D eigenvalue weighted by Gasteiger charge is -2.62. The Labute approximate surface area is 180 Å². The fraction of sp³-hybridized carbons (Fsp3) is 0.696. The number of carboxylic acid groups (broad SMARTS) is 1. The van der Waals surface area contributed by atoms with E-state index in [2.05, 4.69) is 0 Å². The maximum atomic E-state index is 16.9. The summed E-state index contributed by atoms with van der Waals surface area (Å²) in [6.07, 6.45) is 2.32. The molecule has 0 bridgehead atoms. The molecule has 0 aliphatic heterocycles. The van der Waals surface area contributed by atoms with E-state index in [0.29, 0.717) is 23.4 Å². The monoisotopic (exact) mass is 442 g/mol. The molecular formula is C23H29ClF2O4. The molecule has 4 rings (SSSR count). The van der Waals surface area contributed by atoms with Gasteiger partial charge in [-0.1, -0.05) is 42.3 Å². The average Bonchev–Trinajstić information content (AvgIpc) is 2.92. The van der Waals surface area contributed by atoms with E-state index in [1.165, 1.54) is 0 Å². The highest BCUT2D eigenvalue weighted by molar-refractivity contribution is 6.29. The standard InChI is InChI=1S/C23H29ClF2O4/c1-21-11-19(28)23(26)17(9-18(25)16-6-4-13(24)10-22(16,23)2)15(21)5-3-12(21)7-14(27)8-20(29)30/h3,6,10,14-15,17-19,27-28H,4-5,7-9,11H2,1-2H3,(H,29,30)/t14?,15-,17-,18?,19?,21+,22-,23-/m0/s1. The van der Waals surface area contributed by atoms with E-state index in [9.17, 15) is 15.0 Å². The Morgan fingerprint density at radius 1 is 1.33 bits per heavy atom. The lowest BCUT2D eigenvalue weighted by atomic mass is 9.45. The van der Waals surface area contributed by atoms with E-state index < -0.39 is 46.8 Å². The molecule has 8 atom stereocenters. The third-order valence-electron chi connectivity index (χ3n) is 8.32. The Morgan fingerprint density at radius 3 is 2.70 bits per heavy atom. The second-order valence-corrected chi connectivity index (χ2v) is 10.4. The number of aliphatic carboxylic acids is 1. The van der Waals surface area contributed by atoms with E-state index >= 15 is 8.78 Å². The zero-order valence-electron chi connectivity index (χ0n) is 17.2. The van der Waals surface area contributed by atoms with Crippen LogP contribution < -0.4 is 0 Å². The topological polar surface area (TPSA) is 77.8 Å². The molecule has 166 valence electrons. The fourth-order valence-corrected chi connectivity index (χ4v) is 7.20. The molecule has 0 saturated heterocycles. The van der Waals surface area contributed by atoms with Gasteiger partial charge >= 0.3 is 5.97 Å². The summed E-state index contributed by atoms with van der Waals surface area (Å²) in [5.41, 5.74) is -2.76. The minimum absolute atomic E-state index is 0.000497. The molecule has 30 heavy (non-hydrogen) atoms. The fourth-order valence-electron chi connectivity index (χ4n) is 6.90. The summed E-state index contributed by atoms with van der Waals surface area (Å²) >= 11 is 6.24. The Balaban J connectivity index is 1.70. The van der Waals surface area contributed by atoms with Crippen molar-refractivity contribution in [1.29, 1.82) is 0 Å². The van der Waals surface area contributed by atoms with Crippen LogP contribution in [-0.4, -0.2) is 45.3 Å². The van der Waals surface area contributed by atoms with Gasteiger partial charge in [0.1, 0.15) is 6.17 Å². The number of carboxylic acids is 1. The van der Waals surface area contributed by atoms with E-state index in [1.54, 1.807) is 19.1 Å². The van der Waals surface area contributed by atoms with Crippen LogP contribution in [0.5, 0.6) is 0 Å². The lowest BCUT2D eigenvalue weighted by molar-refractivity contribution is -0.192. The summed E-state index contributed by atoms with van der Waals surface area (Å²) in [6, 6.07) is 0. The van der Waals surface area contributed by atoms with Gasteiger partial charge in [0.25, 0.3) is 0 Å². The van der Waals surface area contributed by atoms with Crippen LogP contribution >= 0.6 is 11.6 Å². The number of carbonyl (C=O) groups is 1. The number of halogens is 3. The van der Waals surface area contributed by atoms with Crippen molar-refractivity contribution in [3.8, 4) is 0 Å². The van der Waals surface area contributed by atoms with Gasteiger partial charge in [-0.3, -0.25) is 4.79 Å². The number of rotatable bonds is 4. The van der Waals surface area contributed by atoms with Gasteiger partial charge in [-0.2, -0.15) is 0 Å². The summed E-state index contributed by atoms with van der Waals surface area (Å²) in [5.74, 6) is -2.04. The minimum Gasteiger partial charge on any atom is -0.481 e. The van der Waals surface area contributed by atoms with Gasteiger partial charge in [-0.05, 0) is 49.5 Å². The SMILES string of the molecule is C[C@]12C=C(Cl)CC=C1C(F)C[C@H]1[C@@H]3CC=C(CC(O)CC(=O)O)[C@@]3(C)CC(O)[C@@]12F. The van der Waals surface area contributed by atoms with Gasteiger partial charge < -0.3 is 15.3 Å². The van der Waals surface area contributed by atoms with Crippen LogP contribution in [0.15, 0.2) is 34.4 Å². The van der Waals surface area contributed by atoms with Crippen LogP contribution in [0.4, 0.5) is 8.78 Å². The molecule has 0 heterocycles. The first-order valence-corrected chi connectivity index (χ1v) is 11.0. The van der Waals surface area contributed by atoms with Crippen molar-refractivity contribution in [2.24, 2.45) is 22.7 Å². The zero-order chi connectivity index (χ0) is 22.1. The van der Waals surface area contributed by atoms with Crippen LogP contribution in [-0.2, 0) is 4.79 Å². The van der Waals surface area contributed by atoms with Gasteiger partial charge in [0.2, 0.25) is 0 Å². The lowest BCUT2D eigenvalue weighted by Crippen LogP contribution is -2.67. The van der Waals surface area contributed by atoms with Gasteiger partial charge in [0, 0.05) is 22.8 Å². The second kappa shape index (κ2) is 7.14. The smallest absolute Gasteiger partial charge is 0.305 e. The number of aliphatic hydroxyl groups excluding tert-OH is 2. The highest BCUT2D eigenvalue weighted by Crippen LogP contribution is 2.68. The Bertz CT molecular complexity index is 854. The normalized spacial score (nSPS) is 46.0. The summed E-state index contributed by atoms with van der Waals surface area (Å²) in [7, 11) is 0. The molecule has 0 aromatic carbocycles. The van der Waals surface area contributed by atoms with E-state index in [4.69, 9.17) is 16.7 Å². The summed E-state index contributed by atoms with van der Waals surface area (Å²) < 4.78 is 32.2. The first-order valence-electron chi connectivity index (χ1n) is 10.6. The van der Waals surface area contributed by atoms with Crippen molar-refractivity contribution in [1.82, 2.24) is 0 Å². The van der Waals surface area contributed by atoms with Crippen molar-refractivity contribution in [3.05, 3.63) is 34.4 Å². The number of hydrogen-bond donors (Lipinski definition) is 3. The number of hydrogen-bond acceptors (Lipinski definition) is 3. The molecule has 0 aromatic rings. The molecule has 4 aliphatic carbocycles. The molecule has 0 amide bonds. The van der Waals surface area contributed by atoms with Crippen LogP contribution in [0.3, 0.4) is 0 Å². The zero-order valence-corrected chi connectivity index (χ0v) is 18.0. The minimum atomic E-state index is -2.05. The van der Waals surface area contributed by atoms with E-state index in [1.807, 2.05) is 13.0 Å². The summed E-state index contributed by atoms with van der Waals surface area (Å²) in [4.78, 5) is 10.9. The number of alkyl halides is 2. The largest absolute Gasteiger partial charge is 0.481 e. The Hall–Kier alpha value is -1.24. The van der Waals surface area contributed by atoms with Gasteiger partial charge in [-0.25, -0.2) is 8.78 Å². The molecule has 7 heteroatoms. The van der Waals surface area contributed by atoms with Crippen LogP contribution in [0.25, 0.3) is 0 Å². The van der Waals surface area contributed by atoms with Gasteiger partial charge in [-0.15, -0.1) is 0 Å². The number of aliphatic hydroxyl groups is 2. The van der Waals surface area contributed by atoms with Crippen molar-refractivity contribution in [3.63, 3.8) is 0 Å². The van der Waals surface area contributed by atoms with Crippen molar-refractivity contribution in [2.45, 2.75) is 76.4 Å². The summed E-state index contributed by atoms with van der Waals surface area (Å²) in [5, 5.41) is 30.7. The molecule has 3 N–H and O–H groups in total. The first-order chi connectivity index (χ1) is 13.9. The van der Waals surface area contributed by atoms with Gasteiger partial charge in [0.05, 0.1) is 18.6 Å². The average molecular weight is 443 g/mol. The molecular weight excluding hydrogens is 414 g/mol. The molecule has 0 aromatic heterocycles. The highest BCUT2D eigenvalue weighted by atomic mass is 35.5. The van der Waals surface area contributed by atoms with Crippen molar-refractivity contribution < 1.29 is 28.9 Å². The predicted molar refractivity (Wildman–Crippen MR) is 109 cm³/mol. The Kier molecular flexibility index (Phi) is 5.23. The van der Waals surface area contributed by atoms with Crippen LogP contribution in [0.1, 0.15) is 52.4 Å². The number of allylic oxidation sites excluding steroid dienone is 5. The molecule has 0 radical (unpaired) electrons. The predicted octanol–water partition coefficient (Wildman–Crippen LogP) is 4.45. The van der Waals surface area contributed by atoms with E-state index in [0.717, 1.165) is 5.57 Å². The molecule has 2 fully saturated rings. The molecule has 3 unspecified atom stereocenters. The van der Waals surface area contributed by atoms with E-state index in [-0.39, 0.29) is 31.6 Å². The quantitative estimate of drug-likeness (QED) is 0.562. The molecule has 4 nitrogen and oxygen atoms in total. The maximum Gasteiger partial charge on any atom is 0.305 e. The van der Waals surface area contributed by atoms with Crippen LogP contribution in [0.2, 0.25) is 0 Å².